The molecule has 0 aliphatic heterocycles. The second-order valence-corrected chi connectivity index (χ2v) is 5.25. The molecule has 0 atom stereocenters. The van der Waals surface area contributed by atoms with Gasteiger partial charge in [-0.3, -0.25) is 4.79 Å². The molecule has 0 aliphatic carbocycles. The van der Waals surface area contributed by atoms with Gasteiger partial charge in [0.1, 0.15) is 5.82 Å². The summed E-state index contributed by atoms with van der Waals surface area (Å²) >= 11 is 12.2. The van der Waals surface area contributed by atoms with Crippen LogP contribution in [-0.2, 0) is 11.3 Å². The van der Waals surface area contributed by atoms with E-state index in [4.69, 9.17) is 23.2 Å². The molecule has 1 N–H and O–H groups in total. The maximum Gasteiger partial charge on any atom is 0.249 e. The number of aromatic nitrogens is 2. The minimum Gasteiger partial charge on any atom is -0.307 e. The first-order chi connectivity index (χ1) is 10.6. The van der Waals surface area contributed by atoms with Crippen LogP contribution < -0.4 is 5.32 Å². The first-order valence-electron chi connectivity index (χ1n) is 6.67. The fourth-order valence-corrected chi connectivity index (χ4v) is 2.20. The number of carbonyl (C=O) groups excluding carboxylic acids is 1. The van der Waals surface area contributed by atoms with Crippen molar-refractivity contribution in [1.29, 1.82) is 0 Å². The Labute approximate surface area is 139 Å². The van der Waals surface area contributed by atoms with E-state index in [-0.39, 0.29) is 5.91 Å². The number of hydrogen-bond acceptors (Lipinski definition) is 2. The highest BCUT2D eigenvalue weighted by molar-refractivity contribution is 6.42. The minimum atomic E-state index is -0.225. The van der Waals surface area contributed by atoms with Gasteiger partial charge in [-0.2, -0.15) is 5.10 Å². The number of benzene rings is 1. The van der Waals surface area contributed by atoms with Crippen molar-refractivity contribution in [3.63, 3.8) is 0 Å². The van der Waals surface area contributed by atoms with Crippen LogP contribution in [0.5, 0.6) is 0 Å². The third-order valence-electron chi connectivity index (χ3n) is 2.87. The van der Waals surface area contributed by atoms with E-state index in [1.165, 1.54) is 6.08 Å². The highest BCUT2D eigenvalue weighted by Crippen LogP contribution is 2.26. The number of halogens is 2. The van der Waals surface area contributed by atoms with Gasteiger partial charge in [-0.15, -0.1) is 0 Å². The van der Waals surface area contributed by atoms with Gasteiger partial charge in [0.05, 0.1) is 22.8 Å². The van der Waals surface area contributed by atoms with Gasteiger partial charge in [0.25, 0.3) is 0 Å². The molecule has 0 spiro atoms. The highest BCUT2D eigenvalue weighted by Gasteiger charge is 2.09. The molecule has 4 nitrogen and oxygen atoms in total. The van der Waals surface area contributed by atoms with E-state index in [1.807, 2.05) is 25.1 Å². The molecule has 2 rings (SSSR count). The second-order valence-electron chi connectivity index (χ2n) is 4.46. The highest BCUT2D eigenvalue weighted by atomic mass is 35.5. The van der Waals surface area contributed by atoms with Crippen LogP contribution in [0.2, 0.25) is 10.0 Å². The van der Waals surface area contributed by atoms with Crippen LogP contribution in [0, 0.1) is 0 Å². The number of nitrogens with one attached hydrogen (secondary N) is 1. The Bertz CT molecular complexity index is 720. The molecule has 0 saturated carbocycles. The maximum absolute atomic E-state index is 11.8. The molecule has 114 valence electrons. The molecule has 0 fully saturated rings. The standard InChI is InChI=1S/C16H15Cl2N3O/c1-2-3-4-8-15(22)20-14-9-10-19-21(14)11-12-6-5-7-13(17)16(12)18/h2-10H,11H2,1H3,(H,20,22)/b3-2+,8-4+. The number of allylic oxidation sites excluding steroid dienone is 3. The Balaban J connectivity index is 2.13. The summed E-state index contributed by atoms with van der Waals surface area (Å²) in [6.45, 7) is 2.30. The molecular formula is C16H15Cl2N3O. The van der Waals surface area contributed by atoms with Crippen molar-refractivity contribution in [3.8, 4) is 0 Å². The van der Waals surface area contributed by atoms with Crippen LogP contribution in [0.1, 0.15) is 12.5 Å². The fraction of sp³-hybridized carbons (Fsp3) is 0.125. The van der Waals surface area contributed by atoms with Crippen molar-refractivity contribution in [2.24, 2.45) is 0 Å². The smallest absolute Gasteiger partial charge is 0.249 e. The van der Waals surface area contributed by atoms with Gasteiger partial charge in [-0.1, -0.05) is 53.6 Å². The van der Waals surface area contributed by atoms with E-state index in [9.17, 15) is 4.79 Å². The summed E-state index contributed by atoms with van der Waals surface area (Å²) in [4.78, 5) is 11.8. The number of hydrogen-bond donors (Lipinski definition) is 1. The van der Waals surface area contributed by atoms with Crippen molar-refractivity contribution in [3.05, 3.63) is 70.4 Å². The van der Waals surface area contributed by atoms with Crippen LogP contribution in [0.3, 0.4) is 0 Å². The number of amides is 1. The van der Waals surface area contributed by atoms with Gasteiger partial charge < -0.3 is 5.32 Å². The molecule has 6 heteroatoms. The zero-order chi connectivity index (χ0) is 15.9. The van der Waals surface area contributed by atoms with E-state index < -0.39 is 0 Å². The summed E-state index contributed by atoms with van der Waals surface area (Å²) in [5.74, 6) is 0.364. The number of rotatable bonds is 5. The molecule has 22 heavy (non-hydrogen) atoms. The average Bonchev–Trinajstić information content (AvgIpc) is 2.91. The van der Waals surface area contributed by atoms with Gasteiger partial charge in [0.2, 0.25) is 5.91 Å². The van der Waals surface area contributed by atoms with Crippen LogP contribution in [0.25, 0.3) is 0 Å². The van der Waals surface area contributed by atoms with Gasteiger partial charge >= 0.3 is 0 Å². The summed E-state index contributed by atoms with van der Waals surface area (Å²) < 4.78 is 1.65. The third-order valence-corrected chi connectivity index (χ3v) is 3.73. The van der Waals surface area contributed by atoms with Gasteiger partial charge in [0, 0.05) is 12.1 Å². The minimum absolute atomic E-state index is 0.225. The van der Waals surface area contributed by atoms with Crippen molar-refractivity contribution >= 4 is 34.9 Å². The summed E-state index contributed by atoms with van der Waals surface area (Å²) in [6.07, 6.45) is 8.36. The lowest BCUT2D eigenvalue weighted by atomic mass is 10.2. The molecule has 1 aromatic heterocycles. The number of nitrogens with zero attached hydrogens (tertiary/aromatic N) is 2. The fourth-order valence-electron chi connectivity index (χ4n) is 1.82. The van der Waals surface area contributed by atoms with Crippen molar-refractivity contribution in [1.82, 2.24) is 9.78 Å². The quantitative estimate of drug-likeness (QED) is 0.653. The Hall–Kier alpha value is -2.04. The molecular weight excluding hydrogens is 321 g/mol. The summed E-state index contributed by atoms with van der Waals surface area (Å²) in [5.41, 5.74) is 0.831. The summed E-state index contributed by atoms with van der Waals surface area (Å²) in [7, 11) is 0. The van der Waals surface area contributed by atoms with Crippen LogP contribution in [-0.4, -0.2) is 15.7 Å². The molecule has 0 saturated heterocycles. The second kappa shape index (κ2) is 7.82. The molecule has 1 heterocycles. The SMILES string of the molecule is C/C=C/C=C/C(=O)Nc1ccnn1Cc1cccc(Cl)c1Cl. The normalized spacial score (nSPS) is 11.4. The van der Waals surface area contributed by atoms with Gasteiger partial charge in [0.15, 0.2) is 0 Å². The van der Waals surface area contributed by atoms with Crippen LogP contribution in [0.4, 0.5) is 5.82 Å². The van der Waals surface area contributed by atoms with E-state index in [0.29, 0.717) is 22.4 Å². The topological polar surface area (TPSA) is 46.9 Å². The zero-order valence-corrected chi connectivity index (χ0v) is 13.5. The van der Waals surface area contributed by atoms with E-state index in [2.05, 4.69) is 10.4 Å². The monoisotopic (exact) mass is 335 g/mol. The lowest BCUT2D eigenvalue weighted by Gasteiger charge is -2.10. The van der Waals surface area contributed by atoms with Crippen molar-refractivity contribution in [2.75, 3.05) is 5.32 Å². The predicted octanol–water partition coefficient (Wildman–Crippen LogP) is 4.31. The Kier molecular flexibility index (Phi) is 5.81. The molecule has 1 aromatic carbocycles. The van der Waals surface area contributed by atoms with Gasteiger partial charge in [-0.05, 0) is 18.6 Å². The van der Waals surface area contributed by atoms with Crippen LogP contribution >= 0.6 is 23.2 Å². The van der Waals surface area contributed by atoms with Crippen LogP contribution in [0.15, 0.2) is 54.8 Å². The van der Waals surface area contributed by atoms with Crippen molar-refractivity contribution in [2.45, 2.75) is 13.5 Å². The number of carbonyl (C=O) groups is 1. The Morgan fingerprint density at radius 1 is 1.32 bits per heavy atom. The molecule has 0 unspecified atom stereocenters. The molecule has 0 aliphatic rings. The van der Waals surface area contributed by atoms with Crippen molar-refractivity contribution < 1.29 is 4.79 Å². The molecule has 1 amide bonds. The zero-order valence-electron chi connectivity index (χ0n) is 12.0. The maximum atomic E-state index is 11.8. The first kappa shape index (κ1) is 16.3. The predicted molar refractivity (Wildman–Crippen MR) is 90.4 cm³/mol. The molecule has 2 aromatic rings. The summed E-state index contributed by atoms with van der Waals surface area (Å²) in [5, 5.41) is 7.94. The molecule has 0 bridgehead atoms. The average molecular weight is 336 g/mol. The number of anilines is 1. The third kappa shape index (κ3) is 4.23. The van der Waals surface area contributed by atoms with Gasteiger partial charge in [-0.25, -0.2) is 4.68 Å². The lowest BCUT2D eigenvalue weighted by Crippen LogP contribution is -2.14. The Morgan fingerprint density at radius 2 is 2.14 bits per heavy atom. The Morgan fingerprint density at radius 3 is 2.91 bits per heavy atom. The molecule has 0 radical (unpaired) electrons. The summed E-state index contributed by atoms with van der Waals surface area (Å²) in [6, 6.07) is 7.14. The van der Waals surface area contributed by atoms with E-state index in [0.717, 1.165) is 5.56 Å². The van der Waals surface area contributed by atoms with E-state index >= 15 is 0 Å². The lowest BCUT2D eigenvalue weighted by molar-refractivity contribution is -0.111. The van der Waals surface area contributed by atoms with E-state index in [1.54, 1.807) is 35.2 Å². The largest absolute Gasteiger partial charge is 0.307 e. The first-order valence-corrected chi connectivity index (χ1v) is 7.42.